The van der Waals surface area contributed by atoms with Gasteiger partial charge in [-0.15, -0.1) is 0 Å². The summed E-state index contributed by atoms with van der Waals surface area (Å²) < 4.78 is 26.6. The molecular weight excluding hydrogens is 228 g/mol. The third-order valence-electron chi connectivity index (χ3n) is 2.15. The molecule has 1 unspecified atom stereocenters. The zero-order chi connectivity index (χ0) is 12.4. The van der Waals surface area contributed by atoms with E-state index in [0.717, 1.165) is 0 Å². The van der Waals surface area contributed by atoms with E-state index in [-0.39, 0.29) is 5.73 Å². The number of hydrogen-bond acceptors (Lipinski definition) is 5. The molecular formula is C10H22O5Si. The summed E-state index contributed by atoms with van der Waals surface area (Å²) in [6.45, 7) is 4.73. The Hall–Kier alpha value is -0.403. The van der Waals surface area contributed by atoms with E-state index in [2.05, 4.69) is 0 Å². The molecule has 0 aliphatic carbocycles. The number of hydrogen-bond donors (Lipinski definition) is 0. The molecule has 0 aliphatic rings. The van der Waals surface area contributed by atoms with Crippen molar-refractivity contribution in [1.82, 2.24) is 0 Å². The Bertz CT molecular complexity index is 185. The smallest absolute Gasteiger partial charge is 0.499 e. The van der Waals surface area contributed by atoms with Crippen LogP contribution < -0.4 is 0 Å². The fourth-order valence-corrected chi connectivity index (χ4v) is 3.10. The van der Waals surface area contributed by atoms with Gasteiger partial charge in [0.1, 0.15) is 12.3 Å². The Morgan fingerprint density at radius 2 is 1.62 bits per heavy atom. The molecule has 96 valence electrons. The minimum atomic E-state index is -2.69. The van der Waals surface area contributed by atoms with Gasteiger partial charge in [-0.05, 0) is 13.8 Å². The molecule has 0 fully saturated rings. The van der Waals surface area contributed by atoms with Crippen LogP contribution in [0.2, 0.25) is 0 Å². The highest BCUT2D eigenvalue weighted by atomic mass is 28.4. The molecule has 0 aliphatic heterocycles. The molecule has 0 rings (SSSR count). The fourth-order valence-electron chi connectivity index (χ4n) is 1.29. The number of rotatable bonds is 9. The first-order chi connectivity index (χ1) is 7.66. The predicted octanol–water partition coefficient (Wildman–Crippen LogP) is 1.36. The third kappa shape index (κ3) is 4.63. The van der Waals surface area contributed by atoms with Crippen molar-refractivity contribution < 1.29 is 22.8 Å². The predicted molar refractivity (Wildman–Crippen MR) is 63.0 cm³/mol. The van der Waals surface area contributed by atoms with E-state index in [1.807, 2.05) is 19.9 Å². The molecule has 0 saturated carbocycles. The molecule has 0 aromatic rings. The second-order valence-corrected chi connectivity index (χ2v) is 6.31. The zero-order valence-corrected chi connectivity index (χ0v) is 11.7. The van der Waals surface area contributed by atoms with E-state index < -0.39 is 8.80 Å². The summed E-state index contributed by atoms with van der Waals surface area (Å²) in [5, 5.41) is 0. The quantitative estimate of drug-likeness (QED) is 0.351. The van der Waals surface area contributed by atoms with Crippen molar-refractivity contribution in [2.75, 3.05) is 34.5 Å². The maximum absolute atomic E-state index is 5.55. The van der Waals surface area contributed by atoms with E-state index in [0.29, 0.717) is 13.2 Å². The molecule has 5 nitrogen and oxygen atoms in total. The van der Waals surface area contributed by atoms with Crippen LogP contribution in [0, 0.1) is 0 Å². The molecule has 1 atom stereocenters. The molecule has 6 heteroatoms. The van der Waals surface area contributed by atoms with Gasteiger partial charge in [0.2, 0.25) is 0 Å². The lowest BCUT2D eigenvalue weighted by molar-refractivity contribution is 0.00667. The highest BCUT2D eigenvalue weighted by Crippen LogP contribution is 2.14. The van der Waals surface area contributed by atoms with Crippen molar-refractivity contribution in [2.24, 2.45) is 0 Å². The van der Waals surface area contributed by atoms with Gasteiger partial charge in [-0.1, -0.05) is 6.08 Å². The van der Waals surface area contributed by atoms with E-state index in [1.54, 1.807) is 27.6 Å². The molecule has 0 amide bonds. The Labute approximate surface area is 98.7 Å². The van der Waals surface area contributed by atoms with Gasteiger partial charge in [-0.2, -0.15) is 0 Å². The van der Waals surface area contributed by atoms with Gasteiger partial charge in [0.25, 0.3) is 0 Å². The molecule has 0 bridgehead atoms. The molecule has 0 saturated heterocycles. The Balaban J connectivity index is 3.96. The summed E-state index contributed by atoms with van der Waals surface area (Å²) in [7, 11) is 2.01. The highest BCUT2D eigenvalue weighted by Gasteiger charge is 2.45. The van der Waals surface area contributed by atoms with E-state index in [1.165, 1.54) is 0 Å². The van der Waals surface area contributed by atoms with Crippen LogP contribution in [0.25, 0.3) is 0 Å². The van der Waals surface area contributed by atoms with Crippen LogP contribution in [0.5, 0.6) is 0 Å². The van der Waals surface area contributed by atoms with Gasteiger partial charge < -0.3 is 22.8 Å². The van der Waals surface area contributed by atoms with Crippen molar-refractivity contribution in [1.29, 1.82) is 0 Å². The SMILES string of the molecule is CC=COCCOC(C)[Si](OC)(OC)OC. The topological polar surface area (TPSA) is 46.2 Å². The summed E-state index contributed by atoms with van der Waals surface area (Å²) in [6, 6.07) is 0. The monoisotopic (exact) mass is 250 g/mol. The summed E-state index contributed by atoms with van der Waals surface area (Å²) in [4.78, 5) is 0. The molecule has 0 radical (unpaired) electrons. The maximum atomic E-state index is 5.55. The van der Waals surface area contributed by atoms with Gasteiger partial charge in [0.15, 0.2) is 0 Å². The Kier molecular flexibility index (Phi) is 8.50. The van der Waals surface area contributed by atoms with E-state index >= 15 is 0 Å². The summed E-state index contributed by atoms with van der Waals surface area (Å²) in [6.07, 6.45) is 3.45. The van der Waals surface area contributed by atoms with Crippen LogP contribution in [0.1, 0.15) is 13.8 Å². The van der Waals surface area contributed by atoms with Gasteiger partial charge in [0, 0.05) is 21.3 Å². The van der Waals surface area contributed by atoms with Crippen molar-refractivity contribution in [2.45, 2.75) is 19.6 Å². The average molecular weight is 250 g/mol. The normalized spacial score (nSPS) is 14.3. The fraction of sp³-hybridized carbons (Fsp3) is 0.800. The first-order valence-corrected chi connectivity index (χ1v) is 6.96. The minimum Gasteiger partial charge on any atom is -0.499 e. The first kappa shape index (κ1) is 15.6. The van der Waals surface area contributed by atoms with Gasteiger partial charge in [-0.3, -0.25) is 0 Å². The summed E-state index contributed by atoms with van der Waals surface area (Å²) in [5.41, 5.74) is -0.221. The number of ether oxygens (including phenoxy) is 2. The second-order valence-electron chi connectivity index (χ2n) is 3.07. The van der Waals surface area contributed by atoms with Gasteiger partial charge >= 0.3 is 8.80 Å². The van der Waals surface area contributed by atoms with E-state index in [9.17, 15) is 0 Å². The van der Waals surface area contributed by atoms with Crippen molar-refractivity contribution in [3.8, 4) is 0 Å². The molecule has 16 heavy (non-hydrogen) atoms. The van der Waals surface area contributed by atoms with Crippen molar-refractivity contribution in [3.05, 3.63) is 12.3 Å². The van der Waals surface area contributed by atoms with Crippen molar-refractivity contribution >= 4 is 8.80 Å². The first-order valence-electron chi connectivity index (χ1n) is 5.16. The van der Waals surface area contributed by atoms with Crippen LogP contribution in [0.15, 0.2) is 12.3 Å². The lowest BCUT2D eigenvalue weighted by Crippen LogP contribution is -2.54. The molecule has 0 N–H and O–H groups in total. The standard InChI is InChI=1S/C10H22O5Si/c1-6-7-14-8-9-15-10(2)16(11-3,12-4)13-5/h6-7,10H,8-9H2,1-5H3. The van der Waals surface area contributed by atoms with E-state index in [4.69, 9.17) is 22.8 Å². The Morgan fingerprint density at radius 1 is 1.06 bits per heavy atom. The average Bonchev–Trinajstić information content (AvgIpc) is 2.32. The summed E-state index contributed by atoms with van der Waals surface area (Å²) >= 11 is 0. The lowest BCUT2D eigenvalue weighted by atomic mass is 10.7. The van der Waals surface area contributed by atoms with Crippen molar-refractivity contribution in [3.63, 3.8) is 0 Å². The van der Waals surface area contributed by atoms with Crippen LogP contribution in [-0.4, -0.2) is 49.1 Å². The number of allylic oxidation sites excluding steroid dienone is 1. The van der Waals surface area contributed by atoms with Gasteiger partial charge in [-0.25, -0.2) is 0 Å². The molecule has 0 heterocycles. The molecule has 0 spiro atoms. The van der Waals surface area contributed by atoms with Gasteiger partial charge in [0.05, 0.1) is 12.9 Å². The Morgan fingerprint density at radius 3 is 2.06 bits per heavy atom. The minimum absolute atomic E-state index is 0.221. The van der Waals surface area contributed by atoms with Crippen LogP contribution >= 0.6 is 0 Å². The maximum Gasteiger partial charge on any atom is 0.530 e. The molecule has 0 aromatic carbocycles. The van der Waals surface area contributed by atoms with Crippen LogP contribution in [0.3, 0.4) is 0 Å². The highest BCUT2D eigenvalue weighted by molar-refractivity contribution is 6.61. The van der Waals surface area contributed by atoms with Crippen LogP contribution in [-0.2, 0) is 22.8 Å². The third-order valence-corrected chi connectivity index (χ3v) is 5.02. The largest absolute Gasteiger partial charge is 0.530 e. The lowest BCUT2D eigenvalue weighted by Gasteiger charge is -2.29. The van der Waals surface area contributed by atoms with Crippen LogP contribution in [0.4, 0.5) is 0 Å². The summed E-state index contributed by atoms with van der Waals surface area (Å²) in [5.74, 6) is 0. The second kappa shape index (κ2) is 8.71. The zero-order valence-electron chi connectivity index (χ0n) is 10.7. The molecule has 0 aromatic heterocycles.